The smallest absolute Gasteiger partial charge is 0.191 e. The van der Waals surface area contributed by atoms with Crippen molar-refractivity contribution in [2.75, 3.05) is 60.0 Å². The molecule has 0 aliphatic carbocycles. The van der Waals surface area contributed by atoms with Crippen molar-refractivity contribution in [2.45, 2.75) is 32.4 Å². The van der Waals surface area contributed by atoms with Gasteiger partial charge in [-0.1, -0.05) is 6.07 Å². The number of hydrogen-bond acceptors (Lipinski definition) is 5. The Bertz CT molecular complexity index is 544. The highest BCUT2D eigenvalue weighted by Crippen LogP contribution is 2.25. The van der Waals surface area contributed by atoms with E-state index in [1.54, 1.807) is 0 Å². The molecule has 0 spiro atoms. The van der Waals surface area contributed by atoms with Crippen LogP contribution in [-0.2, 0) is 4.74 Å². The Kier molecular flexibility index (Phi) is 11.1. The monoisotopic (exact) mass is 509 g/mol. The fraction of sp³-hybridized carbons (Fsp3) is 0.737. The largest absolute Gasteiger partial charge is 0.379 e. The van der Waals surface area contributed by atoms with E-state index in [4.69, 9.17) is 9.73 Å². The van der Waals surface area contributed by atoms with Gasteiger partial charge < -0.3 is 20.3 Å². The summed E-state index contributed by atoms with van der Waals surface area (Å²) in [4.78, 5) is 10.9. The van der Waals surface area contributed by atoms with E-state index in [1.807, 2.05) is 11.3 Å². The number of rotatable bonds is 8. The topological polar surface area (TPSA) is 52.1 Å². The Balaban J connectivity index is 0.00000364. The molecule has 0 bridgehead atoms. The van der Waals surface area contributed by atoms with Gasteiger partial charge in [0.1, 0.15) is 0 Å². The van der Waals surface area contributed by atoms with Crippen molar-refractivity contribution < 1.29 is 4.74 Å². The summed E-state index contributed by atoms with van der Waals surface area (Å²) in [6, 6.07) is 4.71. The summed E-state index contributed by atoms with van der Waals surface area (Å²) in [7, 11) is 4.20. The molecule has 0 amide bonds. The van der Waals surface area contributed by atoms with Crippen LogP contribution in [0.25, 0.3) is 0 Å². The summed E-state index contributed by atoms with van der Waals surface area (Å²) in [6.45, 7) is 12.6. The molecule has 156 valence electrons. The third-order valence-corrected chi connectivity index (χ3v) is 5.97. The van der Waals surface area contributed by atoms with Gasteiger partial charge in [-0.15, -0.1) is 35.3 Å². The number of likely N-dealkylation sites (N-methyl/N-ethyl adjacent to an activating group) is 1. The number of hydrogen-bond donors (Lipinski definition) is 2. The van der Waals surface area contributed by atoms with Crippen LogP contribution >= 0.6 is 35.3 Å². The number of guanidine groups is 1. The van der Waals surface area contributed by atoms with Gasteiger partial charge in [0.2, 0.25) is 0 Å². The lowest BCUT2D eigenvalue weighted by molar-refractivity contribution is 0.0177. The first kappa shape index (κ1) is 24.6. The summed E-state index contributed by atoms with van der Waals surface area (Å²) >= 11 is 1.82. The van der Waals surface area contributed by atoms with Crippen LogP contribution in [0.15, 0.2) is 22.5 Å². The van der Waals surface area contributed by atoms with E-state index in [-0.39, 0.29) is 29.5 Å². The molecule has 6 nitrogen and oxygen atoms in total. The maximum absolute atomic E-state index is 5.53. The fourth-order valence-electron chi connectivity index (χ4n) is 2.73. The number of ether oxygens (including phenoxy) is 1. The van der Waals surface area contributed by atoms with Crippen molar-refractivity contribution in [3.05, 3.63) is 22.4 Å². The van der Waals surface area contributed by atoms with Gasteiger partial charge in [0, 0.05) is 36.6 Å². The highest BCUT2D eigenvalue weighted by Gasteiger charge is 2.24. The zero-order chi connectivity index (χ0) is 19.0. The lowest BCUT2D eigenvalue weighted by Crippen LogP contribution is -2.47. The van der Waals surface area contributed by atoms with E-state index in [9.17, 15) is 0 Å². The van der Waals surface area contributed by atoms with E-state index in [0.717, 1.165) is 51.9 Å². The quantitative estimate of drug-likeness (QED) is 0.321. The molecule has 2 N–H and O–H groups in total. The van der Waals surface area contributed by atoms with Gasteiger partial charge in [-0.05, 0) is 46.3 Å². The highest BCUT2D eigenvalue weighted by atomic mass is 127. The molecule has 1 aliphatic heterocycles. The van der Waals surface area contributed by atoms with Crippen LogP contribution in [0, 0.1) is 0 Å². The molecule has 8 heteroatoms. The zero-order valence-electron chi connectivity index (χ0n) is 17.3. The van der Waals surface area contributed by atoms with Gasteiger partial charge >= 0.3 is 0 Å². The Morgan fingerprint density at radius 3 is 2.59 bits per heavy atom. The van der Waals surface area contributed by atoms with Crippen LogP contribution in [0.2, 0.25) is 0 Å². The molecule has 1 atom stereocenters. The SMILES string of the molecule is CCNC(=NCC(C)(C)N(C)C)NCC(c1cccs1)N1CCOCC1.I. The Morgan fingerprint density at radius 2 is 2.04 bits per heavy atom. The minimum atomic E-state index is 0. The van der Waals surface area contributed by atoms with Crippen LogP contribution in [0.1, 0.15) is 31.7 Å². The first-order valence-electron chi connectivity index (χ1n) is 9.49. The number of nitrogens with zero attached hydrogens (tertiary/aromatic N) is 3. The van der Waals surface area contributed by atoms with Gasteiger partial charge in [0.25, 0.3) is 0 Å². The first-order chi connectivity index (χ1) is 12.4. The van der Waals surface area contributed by atoms with E-state index in [0.29, 0.717) is 6.04 Å². The Hall–Kier alpha value is -0.420. The highest BCUT2D eigenvalue weighted by molar-refractivity contribution is 14.0. The third kappa shape index (κ3) is 7.84. The molecule has 2 rings (SSSR count). The molecule has 0 saturated carbocycles. The van der Waals surface area contributed by atoms with Crippen molar-refractivity contribution in [1.29, 1.82) is 0 Å². The molecule has 1 aromatic heterocycles. The van der Waals surface area contributed by atoms with Crippen molar-refractivity contribution in [1.82, 2.24) is 20.4 Å². The predicted octanol–water partition coefficient (Wildman–Crippen LogP) is 2.63. The number of morpholine rings is 1. The second-order valence-electron chi connectivity index (χ2n) is 7.46. The van der Waals surface area contributed by atoms with E-state index < -0.39 is 0 Å². The first-order valence-corrected chi connectivity index (χ1v) is 10.4. The molecule has 1 saturated heterocycles. The number of thiophene rings is 1. The van der Waals surface area contributed by atoms with Crippen LogP contribution in [-0.4, -0.2) is 81.3 Å². The van der Waals surface area contributed by atoms with E-state index in [2.05, 4.69) is 72.8 Å². The summed E-state index contributed by atoms with van der Waals surface area (Å²) in [5.41, 5.74) is 0.0275. The van der Waals surface area contributed by atoms with Crippen molar-refractivity contribution in [2.24, 2.45) is 4.99 Å². The predicted molar refractivity (Wildman–Crippen MR) is 127 cm³/mol. The van der Waals surface area contributed by atoms with Crippen LogP contribution in [0.5, 0.6) is 0 Å². The number of halogens is 1. The molecule has 27 heavy (non-hydrogen) atoms. The van der Waals surface area contributed by atoms with Crippen LogP contribution in [0.3, 0.4) is 0 Å². The number of nitrogens with one attached hydrogen (secondary N) is 2. The zero-order valence-corrected chi connectivity index (χ0v) is 20.5. The average molecular weight is 510 g/mol. The summed E-state index contributed by atoms with van der Waals surface area (Å²) in [5.74, 6) is 0.886. The van der Waals surface area contributed by atoms with E-state index in [1.165, 1.54) is 4.88 Å². The molecule has 2 heterocycles. The standard InChI is InChI=1S/C19H35N5OS.HI/c1-6-20-18(22-15-19(2,3)23(4)5)21-14-16(17-8-7-13-26-17)24-9-11-25-12-10-24;/h7-8,13,16H,6,9-12,14-15H2,1-5H3,(H2,20,21,22);1H. The number of aliphatic imine (C=N–C) groups is 1. The van der Waals surface area contributed by atoms with Crippen molar-refractivity contribution >= 4 is 41.3 Å². The van der Waals surface area contributed by atoms with Crippen LogP contribution < -0.4 is 10.6 Å². The van der Waals surface area contributed by atoms with Crippen molar-refractivity contribution in [3.8, 4) is 0 Å². The minimum Gasteiger partial charge on any atom is -0.379 e. The van der Waals surface area contributed by atoms with Crippen LogP contribution in [0.4, 0.5) is 0 Å². The molecule has 1 fully saturated rings. The Morgan fingerprint density at radius 1 is 1.33 bits per heavy atom. The molecular formula is C19H36IN5OS. The second kappa shape index (κ2) is 12.2. The average Bonchev–Trinajstić information content (AvgIpc) is 3.15. The summed E-state index contributed by atoms with van der Waals surface area (Å²) < 4.78 is 5.53. The lowest BCUT2D eigenvalue weighted by Gasteiger charge is -2.34. The fourth-order valence-corrected chi connectivity index (χ4v) is 3.59. The molecule has 0 aromatic carbocycles. The third-order valence-electron chi connectivity index (χ3n) is 5.00. The normalized spacial score (nSPS) is 17.5. The van der Waals surface area contributed by atoms with Crippen molar-refractivity contribution in [3.63, 3.8) is 0 Å². The second-order valence-corrected chi connectivity index (χ2v) is 8.44. The van der Waals surface area contributed by atoms with Gasteiger partial charge in [-0.25, -0.2) is 0 Å². The summed E-state index contributed by atoms with van der Waals surface area (Å²) in [6.07, 6.45) is 0. The minimum absolute atomic E-state index is 0. The maximum Gasteiger partial charge on any atom is 0.191 e. The van der Waals surface area contributed by atoms with E-state index >= 15 is 0 Å². The molecule has 1 aliphatic rings. The lowest BCUT2D eigenvalue weighted by atomic mass is 10.1. The van der Waals surface area contributed by atoms with Gasteiger partial charge in [0.15, 0.2) is 5.96 Å². The summed E-state index contributed by atoms with van der Waals surface area (Å²) in [5, 5.41) is 9.10. The molecule has 1 aromatic rings. The molecular weight excluding hydrogens is 473 g/mol. The van der Waals surface area contributed by atoms with Gasteiger partial charge in [0.05, 0.1) is 25.8 Å². The molecule has 0 radical (unpaired) electrons. The van der Waals surface area contributed by atoms with Gasteiger partial charge in [-0.2, -0.15) is 0 Å². The molecule has 1 unspecified atom stereocenters. The van der Waals surface area contributed by atoms with Gasteiger partial charge in [-0.3, -0.25) is 9.89 Å². The maximum atomic E-state index is 5.53. The Labute approximate surface area is 185 Å².